The number of nitrogens with one attached hydrogen (secondary N) is 1. The molecular weight excluding hydrogens is 242 g/mol. The Morgan fingerprint density at radius 1 is 1.50 bits per heavy atom. The summed E-state index contributed by atoms with van der Waals surface area (Å²) in [6.45, 7) is 5.43. The Balaban J connectivity index is 2.51. The number of nitrogens with two attached hydrogens (primary N) is 1. The Labute approximate surface area is 115 Å². The van der Waals surface area contributed by atoms with Gasteiger partial charge in [-0.15, -0.1) is 0 Å². The Hall–Kier alpha value is -1.16. The van der Waals surface area contributed by atoms with Gasteiger partial charge in [0.05, 0.1) is 0 Å². The lowest BCUT2D eigenvalue weighted by molar-refractivity contribution is 0.472. The summed E-state index contributed by atoms with van der Waals surface area (Å²) < 4.78 is 0. The van der Waals surface area contributed by atoms with Crippen LogP contribution in [0.2, 0.25) is 0 Å². The molecule has 0 aromatic carbocycles. The van der Waals surface area contributed by atoms with Crippen LogP contribution in [0, 0.1) is 5.92 Å². The first kappa shape index (κ1) is 14.9. The van der Waals surface area contributed by atoms with Crippen molar-refractivity contribution < 1.29 is 0 Å². The van der Waals surface area contributed by atoms with Gasteiger partial charge in [-0.25, -0.2) is 4.98 Å². The highest BCUT2D eigenvalue weighted by molar-refractivity contribution is 7.80. The second-order valence-corrected chi connectivity index (χ2v) is 5.03. The van der Waals surface area contributed by atoms with Crippen LogP contribution in [0.5, 0.6) is 0 Å². The lowest BCUT2D eigenvalue weighted by atomic mass is 9.99. The van der Waals surface area contributed by atoms with Crippen LogP contribution >= 0.6 is 12.2 Å². The molecule has 3 nitrogen and oxygen atoms in total. The normalized spacial score (nSPS) is 12.1. The third-order valence-electron chi connectivity index (χ3n) is 3.16. The molecule has 0 radical (unpaired) electrons. The lowest BCUT2D eigenvalue weighted by Crippen LogP contribution is -2.15. The van der Waals surface area contributed by atoms with Crippen LogP contribution in [0.1, 0.15) is 45.1 Å². The number of pyridine rings is 1. The zero-order valence-electron chi connectivity index (χ0n) is 11.3. The fourth-order valence-corrected chi connectivity index (χ4v) is 2.00. The first-order chi connectivity index (χ1) is 8.67. The van der Waals surface area contributed by atoms with Crippen LogP contribution in [-0.4, -0.2) is 16.5 Å². The summed E-state index contributed by atoms with van der Waals surface area (Å²) in [5.41, 5.74) is 6.47. The summed E-state index contributed by atoms with van der Waals surface area (Å²) in [6.07, 6.45) is 6.76. The van der Waals surface area contributed by atoms with Gasteiger partial charge in [0.2, 0.25) is 0 Å². The van der Waals surface area contributed by atoms with Crippen LogP contribution in [0.4, 0.5) is 5.82 Å². The third-order valence-corrected chi connectivity index (χ3v) is 3.40. The first-order valence-corrected chi connectivity index (χ1v) is 7.07. The summed E-state index contributed by atoms with van der Waals surface area (Å²) in [5, 5.41) is 3.37. The molecule has 0 spiro atoms. The number of hydrogen-bond donors (Lipinski definition) is 2. The van der Waals surface area contributed by atoms with E-state index in [4.69, 9.17) is 18.0 Å². The van der Waals surface area contributed by atoms with Crippen molar-refractivity contribution >= 4 is 23.0 Å². The van der Waals surface area contributed by atoms with Crippen molar-refractivity contribution in [1.29, 1.82) is 0 Å². The van der Waals surface area contributed by atoms with E-state index in [1.54, 1.807) is 6.20 Å². The van der Waals surface area contributed by atoms with Gasteiger partial charge in [-0.1, -0.05) is 45.3 Å². The van der Waals surface area contributed by atoms with Crippen molar-refractivity contribution in [3.05, 3.63) is 23.9 Å². The second-order valence-electron chi connectivity index (χ2n) is 4.59. The minimum absolute atomic E-state index is 0.415. The molecule has 1 unspecified atom stereocenters. The molecule has 0 aliphatic rings. The molecule has 0 aliphatic heterocycles. The molecule has 1 aromatic rings. The van der Waals surface area contributed by atoms with Crippen LogP contribution in [0.15, 0.2) is 18.3 Å². The van der Waals surface area contributed by atoms with E-state index in [1.165, 1.54) is 25.7 Å². The summed E-state index contributed by atoms with van der Waals surface area (Å²) in [7, 11) is 0. The van der Waals surface area contributed by atoms with Gasteiger partial charge in [0, 0.05) is 18.3 Å². The number of rotatable bonds is 8. The molecule has 4 heteroatoms. The molecule has 1 atom stereocenters. The minimum atomic E-state index is 0.415. The van der Waals surface area contributed by atoms with Crippen LogP contribution in [0.25, 0.3) is 0 Å². The molecule has 0 fully saturated rings. The summed E-state index contributed by atoms with van der Waals surface area (Å²) in [5.74, 6) is 1.57. The zero-order chi connectivity index (χ0) is 13.4. The Morgan fingerprint density at radius 3 is 2.89 bits per heavy atom. The Bertz CT molecular complexity index is 379. The van der Waals surface area contributed by atoms with Crippen molar-refractivity contribution in [1.82, 2.24) is 4.98 Å². The largest absolute Gasteiger partial charge is 0.389 e. The van der Waals surface area contributed by atoms with E-state index in [9.17, 15) is 0 Å². The molecule has 100 valence electrons. The molecule has 0 aliphatic carbocycles. The van der Waals surface area contributed by atoms with Crippen molar-refractivity contribution in [2.45, 2.75) is 39.5 Å². The highest BCUT2D eigenvalue weighted by Crippen LogP contribution is 2.14. The van der Waals surface area contributed by atoms with Gasteiger partial charge in [0.15, 0.2) is 0 Å². The van der Waals surface area contributed by atoms with Crippen molar-refractivity contribution in [2.24, 2.45) is 11.7 Å². The van der Waals surface area contributed by atoms with E-state index < -0.39 is 0 Å². The molecule has 0 saturated carbocycles. The van der Waals surface area contributed by atoms with Gasteiger partial charge in [-0.05, 0) is 24.5 Å². The smallest absolute Gasteiger partial charge is 0.126 e. The molecule has 0 saturated heterocycles. The summed E-state index contributed by atoms with van der Waals surface area (Å²) >= 11 is 4.96. The number of thiocarbonyl (C=S) groups is 1. The minimum Gasteiger partial charge on any atom is -0.389 e. The van der Waals surface area contributed by atoms with E-state index in [2.05, 4.69) is 24.1 Å². The fraction of sp³-hybridized carbons (Fsp3) is 0.571. The van der Waals surface area contributed by atoms with E-state index in [1.807, 2.05) is 12.1 Å². The number of unbranched alkanes of at least 4 members (excludes halogenated alkanes) is 1. The fourth-order valence-electron chi connectivity index (χ4n) is 1.87. The van der Waals surface area contributed by atoms with E-state index in [0.717, 1.165) is 17.9 Å². The number of anilines is 1. The van der Waals surface area contributed by atoms with Gasteiger partial charge >= 0.3 is 0 Å². The standard InChI is InChI=1S/C14H23N3S/c1-3-5-6-11(4-2)10-17-13-9-12(14(15)18)7-8-16-13/h7-9,11H,3-6,10H2,1-2H3,(H2,15,18)(H,16,17). The van der Waals surface area contributed by atoms with E-state index >= 15 is 0 Å². The monoisotopic (exact) mass is 265 g/mol. The Kier molecular flexibility index (Phi) is 6.65. The van der Waals surface area contributed by atoms with Gasteiger partial charge in [-0.3, -0.25) is 0 Å². The van der Waals surface area contributed by atoms with Gasteiger partial charge < -0.3 is 11.1 Å². The predicted octanol–water partition coefficient (Wildman–Crippen LogP) is 3.34. The maximum absolute atomic E-state index is 5.61. The topological polar surface area (TPSA) is 50.9 Å². The van der Waals surface area contributed by atoms with Crippen molar-refractivity contribution in [3.63, 3.8) is 0 Å². The quantitative estimate of drug-likeness (QED) is 0.708. The molecule has 0 amide bonds. The SMILES string of the molecule is CCCCC(CC)CNc1cc(C(N)=S)ccn1. The lowest BCUT2D eigenvalue weighted by Gasteiger charge is -2.15. The number of nitrogens with zero attached hydrogens (tertiary/aromatic N) is 1. The molecular formula is C14H23N3S. The number of aromatic nitrogens is 1. The maximum Gasteiger partial charge on any atom is 0.126 e. The molecule has 1 heterocycles. The first-order valence-electron chi connectivity index (χ1n) is 6.67. The summed E-state index contributed by atoms with van der Waals surface area (Å²) in [4.78, 5) is 4.70. The van der Waals surface area contributed by atoms with E-state index in [-0.39, 0.29) is 0 Å². The number of hydrogen-bond acceptors (Lipinski definition) is 3. The average Bonchev–Trinajstić information content (AvgIpc) is 2.39. The summed E-state index contributed by atoms with van der Waals surface area (Å²) in [6, 6.07) is 3.75. The van der Waals surface area contributed by atoms with Gasteiger partial charge in [0.25, 0.3) is 0 Å². The molecule has 1 aromatic heterocycles. The second kappa shape index (κ2) is 8.03. The van der Waals surface area contributed by atoms with Crippen molar-refractivity contribution in [2.75, 3.05) is 11.9 Å². The molecule has 18 heavy (non-hydrogen) atoms. The molecule has 1 rings (SSSR count). The highest BCUT2D eigenvalue weighted by atomic mass is 32.1. The molecule has 0 bridgehead atoms. The predicted molar refractivity (Wildman–Crippen MR) is 81.9 cm³/mol. The van der Waals surface area contributed by atoms with Gasteiger partial charge in [0.1, 0.15) is 10.8 Å². The highest BCUT2D eigenvalue weighted by Gasteiger charge is 2.06. The van der Waals surface area contributed by atoms with Gasteiger partial charge in [-0.2, -0.15) is 0 Å². The maximum atomic E-state index is 5.61. The Morgan fingerprint density at radius 2 is 2.28 bits per heavy atom. The molecule has 3 N–H and O–H groups in total. The van der Waals surface area contributed by atoms with Crippen LogP contribution in [-0.2, 0) is 0 Å². The zero-order valence-corrected chi connectivity index (χ0v) is 12.1. The average molecular weight is 265 g/mol. The van der Waals surface area contributed by atoms with Crippen molar-refractivity contribution in [3.8, 4) is 0 Å². The third kappa shape index (κ3) is 5.00. The van der Waals surface area contributed by atoms with E-state index in [0.29, 0.717) is 10.9 Å². The van der Waals surface area contributed by atoms with Crippen LogP contribution in [0.3, 0.4) is 0 Å². The van der Waals surface area contributed by atoms with Crippen LogP contribution < -0.4 is 11.1 Å².